The van der Waals surface area contributed by atoms with Crippen LogP contribution in [0.4, 0.5) is 4.39 Å². The first-order chi connectivity index (χ1) is 8.15. The molecule has 1 aromatic heterocycles. The molecule has 0 saturated heterocycles. The van der Waals surface area contributed by atoms with Crippen LogP contribution in [0.1, 0.15) is 5.82 Å². The molecule has 0 aliphatic rings. The van der Waals surface area contributed by atoms with Crippen molar-refractivity contribution >= 4 is 11.6 Å². The quantitative estimate of drug-likeness (QED) is 0.885. The molecule has 0 saturated carbocycles. The van der Waals surface area contributed by atoms with Crippen LogP contribution in [-0.2, 0) is 6.54 Å². The van der Waals surface area contributed by atoms with Crippen LogP contribution < -0.4 is 10.5 Å². The van der Waals surface area contributed by atoms with Gasteiger partial charge in [0.25, 0.3) is 0 Å². The van der Waals surface area contributed by atoms with Crippen LogP contribution in [0.3, 0.4) is 0 Å². The molecule has 0 aliphatic carbocycles. The van der Waals surface area contributed by atoms with Gasteiger partial charge in [0, 0.05) is 5.56 Å². The Hall–Kier alpha value is -1.59. The molecule has 0 fully saturated rings. The zero-order valence-electron chi connectivity index (χ0n) is 9.13. The zero-order chi connectivity index (χ0) is 12.4. The molecule has 2 aromatic rings. The number of aromatic nitrogens is 2. The van der Waals surface area contributed by atoms with E-state index in [1.807, 2.05) is 0 Å². The number of hydrogen-bond acceptors (Lipinski definition) is 3. The van der Waals surface area contributed by atoms with Crippen LogP contribution in [0.25, 0.3) is 11.3 Å². The van der Waals surface area contributed by atoms with E-state index in [-0.39, 0.29) is 12.3 Å². The summed E-state index contributed by atoms with van der Waals surface area (Å²) in [5.74, 6) is 0.277. The van der Waals surface area contributed by atoms with E-state index in [0.717, 1.165) is 0 Å². The predicted octanol–water partition coefficient (Wildman–Crippen LogP) is 2.34. The van der Waals surface area contributed by atoms with Crippen molar-refractivity contribution < 1.29 is 9.13 Å². The molecule has 4 nitrogen and oxygen atoms in total. The molecule has 0 bridgehead atoms. The topological polar surface area (TPSA) is 63.9 Å². The Kier molecular flexibility index (Phi) is 3.31. The third-order valence-electron chi connectivity index (χ3n) is 2.33. The Bertz CT molecular complexity index is 542. The van der Waals surface area contributed by atoms with Gasteiger partial charge in [-0.15, -0.1) is 0 Å². The fourth-order valence-electron chi connectivity index (χ4n) is 1.50. The molecule has 0 aliphatic heterocycles. The number of H-pyrrole nitrogens is 1. The molecule has 6 heteroatoms. The number of rotatable bonds is 3. The van der Waals surface area contributed by atoms with E-state index in [0.29, 0.717) is 22.2 Å². The van der Waals surface area contributed by atoms with Crippen LogP contribution in [0.5, 0.6) is 5.75 Å². The number of aromatic amines is 1. The third-order valence-corrected chi connectivity index (χ3v) is 2.60. The second kappa shape index (κ2) is 4.73. The van der Waals surface area contributed by atoms with Gasteiger partial charge < -0.3 is 15.5 Å². The first-order valence-corrected chi connectivity index (χ1v) is 5.32. The fraction of sp³-hybridized carbons (Fsp3) is 0.182. The highest BCUT2D eigenvalue weighted by Crippen LogP contribution is 2.28. The highest BCUT2D eigenvalue weighted by molar-refractivity contribution is 6.31. The van der Waals surface area contributed by atoms with Crippen molar-refractivity contribution in [1.29, 1.82) is 0 Å². The van der Waals surface area contributed by atoms with Crippen LogP contribution in [-0.4, -0.2) is 17.1 Å². The summed E-state index contributed by atoms with van der Waals surface area (Å²) in [6.45, 7) is 0.248. The van der Waals surface area contributed by atoms with E-state index in [2.05, 4.69) is 9.97 Å². The van der Waals surface area contributed by atoms with Gasteiger partial charge in [0.1, 0.15) is 16.7 Å². The lowest BCUT2D eigenvalue weighted by atomic mass is 10.1. The first-order valence-electron chi connectivity index (χ1n) is 4.94. The Morgan fingerprint density at radius 2 is 2.29 bits per heavy atom. The van der Waals surface area contributed by atoms with E-state index >= 15 is 0 Å². The van der Waals surface area contributed by atoms with Crippen molar-refractivity contribution in [2.45, 2.75) is 6.54 Å². The lowest BCUT2D eigenvalue weighted by molar-refractivity contribution is 0.386. The summed E-state index contributed by atoms with van der Waals surface area (Å²) in [4.78, 5) is 6.99. The monoisotopic (exact) mass is 255 g/mol. The van der Waals surface area contributed by atoms with Crippen molar-refractivity contribution in [2.24, 2.45) is 5.73 Å². The van der Waals surface area contributed by atoms with Gasteiger partial charge >= 0.3 is 0 Å². The molecule has 0 spiro atoms. The number of imidazole rings is 1. The van der Waals surface area contributed by atoms with E-state index in [1.54, 1.807) is 6.07 Å². The van der Waals surface area contributed by atoms with Gasteiger partial charge in [-0.1, -0.05) is 11.6 Å². The van der Waals surface area contributed by atoms with E-state index in [4.69, 9.17) is 22.1 Å². The Labute approximate surface area is 103 Å². The molecular formula is C11H11ClFN3O. The third kappa shape index (κ3) is 2.25. The van der Waals surface area contributed by atoms with Gasteiger partial charge in [-0.25, -0.2) is 9.37 Å². The second-order valence-electron chi connectivity index (χ2n) is 3.40. The summed E-state index contributed by atoms with van der Waals surface area (Å²) in [5.41, 5.74) is 6.49. The Morgan fingerprint density at radius 1 is 1.53 bits per heavy atom. The smallest absolute Gasteiger partial charge is 0.165 e. The molecule has 2 rings (SSSR count). The number of ether oxygens (including phenoxy) is 1. The number of nitrogens with two attached hydrogens (primary N) is 1. The molecule has 1 heterocycles. The largest absolute Gasteiger partial charge is 0.494 e. The minimum atomic E-state index is -0.460. The van der Waals surface area contributed by atoms with Gasteiger partial charge in [-0.2, -0.15) is 0 Å². The van der Waals surface area contributed by atoms with Crippen molar-refractivity contribution in [3.05, 3.63) is 35.0 Å². The van der Waals surface area contributed by atoms with Crippen molar-refractivity contribution in [3.8, 4) is 17.0 Å². The molecule has 1 aromatic carbocycles. The zero-order valence-corrected chi connectivity index (χ0v) is 9.88. The van der Waals surface area contributed by atoms with Gasteiger partial charge in [-0.05, 0) is 18.2 Å². The maximum Gasteiger partial charge on any atom is 0.165 e. The number of benzene rings is 1. The molecule has 0 unspecified atom stereocenters. The van der Waals surface area contributed by atoms with E-state index in [1.165, 1.54) is 19.2 Å². The predicted molar refractivity (Wildman–Crippen MR) is 63.4 cm³/mol. The number of nitrogens with one attached hydrogen (secondary N) is 1. The number of nitrogens with zero attached hydrogens (tertiary/aromatic N) is 1. The highest BCUT2D eigenvalue weighted by atomic mass is 35.5. The summed E-state index contributed by atoms with van der Waals surface area (Å²) in [5, 5.41) is 0.343. The second-order valence-corrected chi connectivity index (χ2v) is 3.78. The Balaban J connectivity index is 2.45. The van der Waals surface area contributed by atoms with Gasteiger partial charge in [0.15, 0.2) is 11.6 Å². The van der Waals surface area contributed by atoms with Crippen molar-refractivity contribution in [1.82, 2.24) is 9.97 Å². The standard InChI is InChI=1S/C11H11ClFN3O/c1-17-8-3-2-6(4-7(8)13)10-11(12)16-9(5-14)15-10/h2-4H,5,14H2,1H3,(H,15,16). The van der Waals surface area contributed by atoms with Crippen LogP contribution >= 0.6 is 11.6 Å². The van der Waals surface area contributed by atoms with E-state index < -0.39 is 5.82 Å². The van der Waals surface area contributed by atoms with Crippen LogP contribution in [0.2, 0.25) is 5.15 Å². The van der Waals surface area contributed by atoms with Gasteiger partial charge in [0.2, 0.25) is 0 Å². The molecular weight excluding hydrogens is 245 g/mol. The highest BCUT2D eigenvalue weighted by Gasteiger charge is 2.12. The molecule has 0 atom stereocenters. The Morgan fingerprint density at radius 3 is 2.82 bits per heavy atom. The molecule has 0 radical (unpaired) electrons. The minimum Gasteiger partial charge on any atom is -0.494 e. The van der Waals surface area contributed by atoms with Gasteiger partial charge in [-0.3, -0.25) is 0 Å². The maximum atomic E-state index is 13.5. The number of halogens is 2. The van der Waals surface area contributed by atoms with Crippen LogP contribution in [0.15, 0.2) is 18.2 Å². The van der Waals surface area contributed by atoms with Crippen molar-refractivity contribution in [2.75, 3.05) is 7.11 Å². The summed E-state index contributed by atoms with van der Waals surface area (Å²) >= 11 is 5.96. The molecule has 3 N–H and O–H groups in total. The maximum absolute atomic E-state index is 13.5. The minimum absolute atomic E-state index is 0.180. The van der Waals surface area contributed by atoms with Crippen LogP contribution in [0, 0.1) is 5.82 Å². The summed E-state index contributed by atoms with van der Waals surface area (Å²) in [6.07, 6.45) is 0. The average molecular weight is 256 g/mol. The molecule has 17 heavy (non-hydrogen) atoms. The summed E-state index contributed by atoms with van der Waals surface area (Å²) in [6, 6.07) is 4.53. The normalized spacial score (nSPS) is 10.6. The first kappa shape index (κ1) is 11.9. The number of methoxy groups -OCH3 is 1. The summed E-state index contributed by atoms with van der Waals surface area (Å²) < 4.78 is 18.4. The average Bonchev–Trinajstić information content (AvgIpc) is 2.70. The van der Waals surface area contributed by atoms with Crippen molar-refractivity contribution in [3.63, 3.8) is 0 Å². The molecule has 0 amide bonds. The SMILES string of the molecule is COc1ccc(-c2nc(CN)[nH]c2Cl)cc1F. The lowest BCUT2D eigenvalue weighted by Gasteiger charge is -2.03. The van der Waals surface area contributed by atoms with Gasteiger partial charge in [0.05, 0.1) is 13.7 Å². The summed E-state index contributed by atoms with van der Waals surface area (Å²) in [7, 11) is 1.41. The number of hydrogen-bond donors (Lipinski definition) is 2. The lowest BCUT2D eigenvalue weighted by Crippen LogP contribution is -1.97. The fourth-order valence-corrected chi connectivity index (χ4v) is 1.76. The molecule has 90 valence electrons. The van der Waals surface area contributed by atoms with E-state index in [9.17, 15) is 4.39 Å².